The van der Waals surface area contributed by atoms with Crippen molar-refractivity contribution >= 4 is 17.6 Å². The van der Waals surface area contributed by atoms with Gasteiger partial charge in [0.15, 0.2) is 0 Å². The van der Waals surface area contributed by atoms with Crippen LogP contribution >= 0.6 is 11.6 Å². The minimum Gasteiger partial charge on any atom is -0.462 e. The van der Waals surface area contributed by atoms with Gasteiger partial charge >= 0.3 is 5.97 Å². The Hall–Kier alpha value is -2.72. The number of pyridine rings is 1. The molecule has 1 heterocycles. The monoisotopic (exact) mass is 381 g/mol. The van der Waals surface area contributed by atoms with E-state index in [4.69, 9.17) is 16.3 Å². The van der Waals surface area contributed by atoms with Gasteiger partial charge in [0.25, 0.3) is 0 Å². The van der Waals surface area contributed by atoms with Gasteiger partial charge in [0, 0.05) is 18.2 Å². The topological polar surface area (TPSA) is 39.2 Å². The van der Waals surface area contributed by atoms with Crippen molar-refractivity contribution in [2.24, 2.45) is 0 Å². The van der Waals surface area contributed by atoms with E-state index in [1.54, 1.807) is 19.2 Å². The Morgan fingerprint density at radius 1 is 1.26 bits per heavy atom. The zero-order valence-electron chi connectivity index (χ0n) is 14.8. The van der Waals surface area contributed by atoms with Crippen molar-refractivity contribution in [1.82, 2.24) is 4.98 Å². The zero-order valence-corrected chi connectivity index (χ0v) is 15.5. The second-order valence-electron chi connectivity index (χ2n) is 6.46. The molecule has 0 saturated carbocycles. The van der Waals surface area contributed by atoms with Crippen LogP contribution in [0.15, 0.2) is 48.7 Å². The molecule has 5 heteroatoms. The van der Waals surface area contributed by atoms with E-state index >= 15 is 4.39 Å². The van der Waals surface area contributed by atoms with Gasteiger partial charge < -0.3 is 4.74 Å². The van der Waals surface area contributed by atoms with Crippen molar-refractivity contribution in [3.63, 3.8) is 0 Å². The third-order valence-electron chi connectivity index (χ3n) is 4.81. The number of hydrogen-bond acceptors (Lipinski definition) is 3. The Morgan fingerprint density at radius 3 is 2.85 bits per heavy atom. The Kier molecular flexibility index (Phi) is 4.66. The summed E-state index contributed by atoms with van der Waals surface area (Å²) in [5, 5.41) is 0.369. The number of rotatable bonds is 4. The highest BCUT2D eigenvalue weighted by atomic mass is 35.5. The molecule has 0 N–H and O–H groups in total. The molecule has 0 bridgehead atoms. The summed E-state index contributed by atoms with van der Waals surface area (Å²) >= 11 is 5.98. The van der Waals surface area contributed by atoms with Gasteiger partial charge in [-0.3, -0.25) is 0 Å². The molecule has 1 aliphatic carbocycles. The normalized spacial score (nSPS) is 11.8. The lowest BCUT2D eigenvalue weighted by molar-refractivity contribution is 0.0525. The molecule has 3 nitrogen and oxygen atoms in total. The van der Waals surface area contributed by atoms with Gasteiger partial charge in [0.2, 0.25) is 0 Å². The van der Waals surface area contributed by atoms with E-state index in [2.05, 4.69) is 4.98 Å². The number of nitrogens with zero attached hydrogens (tertiary/aromatic N) is 1. The first-order chi connectivity index (χ1) is 13.1. The van der Waals surface area contributed by atoms with E-state index in [9.17, 15) is 4.79 Å². The fraction of sp³-hybridized carbons (Fsp3) is 0.182. The van der Waals surface area contributed by atoms with Gasteiger partial charge in [-0.25, -0.2) is 14.2 Å². The molecule has 0 spiro atoms. The molecule has 0 aliphatic heterocycles. The van der Waals surface area contributed by atoms with E-state index in [1.165, 1.54) is 6.07 Å². The average Bonchev–Trinajstić information content (AvgIpc) is 3.03. The lowest BCUT2D eigenvalue weighted by atomic mass is 9.91. The van der Waals surface area contributed by atoms with Gasteiger partial charge in [-0.1, -0.05) is 35.9 Å². The first-order valence-corrected chi connectivity index (χ1v) is 9.16. The Labute approximate surface area is 161 Å². The number of carbonyl (C=O) groups excluding carboxylic acids is 1. The molecule has 1 aromatic heterocycles. The van der Waals surface area contributed by atoms with Crippen molar-refractivity contribution in [3.8, 4) is 11.1 Å². The van der Waals surface area contributed by atoms with Gasteiger partial charge in [-0.2, -0.15) is 0 Å². The van der Waals surface area contributed by atoms with Crippen LogP contribution in [0.2, 0.25) is 5.15 Å². The number of ether oxygens (including phenoxy) is 1. The molecule has 0 unspecified atom stereocenters. The Balaban J connectivity index is 1.90. The highest BCUT2D eigenvalue weighted by molar-refractivity contribution is 6.29. The summed E-state index contributed by atoms with van der Waals surface area (Å²) in [6, 6.07) is 12.7. The summed E-state index contributed by atoms with van der Waals surface area (Å²) in [7, 11) is 0. The smallest absolute Gasteiger partial charge is 0.338 e. The summed E-state index contributed by atoms with van der Waals surface area (Å²) in [6.45, 7) is 1.99. The summed E-state index contributed by atoms with van der Waals surface area (Å²) in [4.78, 5) is 16.4. The minimum atomic E-state index is -0.487. The van der Waals surface area contributed by atoms with Crippen LogP contribution in [0.4, 0.5) is 4.39 Å². The predicted molar refractivity (Wildman–Crippen MR) is 103 cm³/mol. The largest absolute Gasteiger partial charge is 0.462 e. The van der Waals surface area contributed by atoms with Crippen LogP contribution in [0.3, 0.4) is 0 Å². The summed E-state index contributed by atoms with van der Waals surface area (Å²) in [5.74, 6) is -0.902. The standard InChI is InChI=1S/C22H17ClFNO2/c1-2-27-22(26)17-12-19(24)18(9-13-7-8-25-20(23)10-13)21-15-6-4-3-5-14(15)11-16(17)21/h3-8,10,12H,2,9,11H2,1H3. The van der Waals surface area contributed by atoms with Gasteiger partial charge in [0.1, 0.15) is 11.0 Å². The SMILES string of the molecule is CCOC(=O)c1cc(F)c(Cc2ccnc(Cl)c2)c2c1Cc1ccccc1-2. The van der Waals surface area contributed by atoms with Crippen LogP contribution in [-0.4, -0.2) is 17.6 Å². The van der Waals surface area contributed by atoms with Crippen LogP contribution in [-0.2, 0) is 17.6 Å². The molecule has 0 radical (unpaired) electrons. The van der Waals surface area contributed by atoms with E-state index in [1.807, 2.05) is 30.3 Å². The van der Waals surface area contributed by atoms with Crippen LogP contribution < -0.4 is 0 Å². The van der Waals surface area contributed by atoms with Crippen LogP contribution in [0.25, 0.3) is 11.1 Å². The number of aromatic nitrogens is 1. The Bertz CT molecular complexity index is 1050. The predicted octanol–water partition coefficient (Wildman–Crippen LogP) is 5.21. The lowest BCUT2D eigenvalue weighted by Gasteiger charge is -2.15. The van der Waals surface area contributed by atoms with E-state index in [-0.39, 0.29) is 6.61 Å². The second-order valence-corrected chi connectivity index (χ2v) is 6.84. The average molecular weight is 382 g/mol. The quantitative estimate of drug-likeness (QED) is 0.359. The van der Waals surface area contributed by atoms with Crippen LogP contribution in [0, 0.1) is 5.82 Å². The summed E-state index contributed by atoms with van der Waals surface area (Å²) in [6.07, 6.45) is 2.56. The second kappa shape index (κ2) is 7.12. The maximum atomic E-state index is 15.1. The molecule has 27 heavy (non-hydrogen) atoms. The molecule has 3 aromatic rings. The lowest BCUT2D eigenvalue weighted by Crippen LogP contribution is -2.10. The van der Waals surface area contributed by atoms with Gasteiger partial charge in [0.05, 0.1) is 12.2 Å². The van der Waals surface area contributed by atoms with Gasteiger partial charge in [-0.05, 0) is 59.4 Å². The third kappa shape index (κ3) is 3.21. The first kappa shape index (κ1) is 17.7. The summed E-state index contributed by atoms with van der Waals surface area (Å²) < 4.78 is 20.3. The molecule has 0 fully saturated rings. The highest BCUT2D eigenvalue weighted by Crippen LogP contribution is 2.42. The van der Waals surface area contributed by atoms with Crippen LogP contribution in [0.1, 0.15) is 39.5 Å². The van der Waals surface area contributed by atoms with E-state index < -0.39 is 11.8 Å². The van der Waals surface area contributed by atoms with Crippen molar-refractivity contribution < 1.29 is 13.9 Å². The zero-order chi connectivity index (χ0) is 19.0. The number of fused-ring (bicyclic) bond motifs is 3. The van der Waals surface area contributed by atoms with Crippen LogP contribution in [0.5, 0.6) is 0 Å². The number of hydrogen-bond donors (Lipinski definition) is 0. The molecule has 0 amide bonds. The highest BCUT2D eigenvalue weighted by Gasteiger charge is 2.29. The van der Waals surface area contributed by atoms with Gasteiger partial charge in [-0.15, -0.1) is 0 Å². The molecular weight excluding hydrogens is 365 g/mol. The number of benzene rings is 2. The molecule has 0 saturated heterocycles. The minimum absolute atomic E-state index is 0.249. The fourth-order valence-electron chi connectivity index (χ4n) is 3.68. The maximum absolute atomic E-state index is 15.1. The molecule has 0 atom stereocenters. The number of esters is 1. The van der Waals surface area contributed by atoms with Crippen molar-refractivity contribution in [2.75, 3.05) is 6.61 Å². The molecule has 4 rings (SSSR count). The van der Waals surface area contributed by atoms with Crippen molar-refractivity contribution in [2.45, 2.75) is 19.8 Å². The molecule has 1 aliphatic rings. The number of halogens is 2. The fourth-order valence-corrected chi connectivity index (χ4v) is 3.87. The van der Waals surface area contributed by atoms with E-state index in [0.717, 1.165) is 27.8 Å². The summed E-state index contributed by atoms with van der Waals surface area (Å²) in [5.41, 5.74) is 5.39. The van der Waals surface area contributed by atoms with Crippen molar-refractivity contribution in [1.29, 1.82) is 0 Å². The van der Waals surface area contributed by atoms with Crippen molar-refractivity contribution in [3.05, 3.63) is 87.4 Å². The number of carbonyl (C=O) groups is 1. The molecule has 136 valence electrons. The Morgan fingerprint density at radius 2 is 2.07 bits per heavy atom. The molecule has 2 aromatic carbocycles. The van der Waals surface area contributed by atoms with E-state index in [0.29, 0.717) is 29.1 Å². The third-order valence-corrected chi connectivity index (χ3v) is 5.02. The first-order valence-electron chi connectivity index (χ1n) is 8.78. The molecular formula is C22H17ClFNO2. The maximum Gasteiger partial charge on any atom is 0.338 e.